The molecule has 11 heteroatoms. The maximum Gasteiger partial charge on any atom is 0.417 e. The zero-order chi connectivity index (χ0) is 18.9. The molecule has 0 saturated carbocycles. The summed E-state index contributed by atoms with van der Waals surface area (Å²) in [6.45, 7) is 3.36. The zero-order valence-electron chi connectivity index (χ0n) is 14.0. The second kappa shape index (κ2) is 6.41. The molecule has 3 heterocycles. The van der Waals surface area contributed by atoms with E-state index >= 15 is 0 Å². The van der Waals surface area contributed by atoms with Crippen molar-refractivity contribution in [3.05, 3.63) is 47.9 Å². The molecule has 2 aromatic heterocycles. The molecular weight excluding hydrogens is 349 g/mol. The zero-order valence-corrected chi connectivity index (χ0v) is 14.0. The number of hydrogen-bond acceptors (Lipinski definition) is 7. The summed E-state index contributed by atoms with van der Waals surface area (Å²) in [5.41, 5.74) is 4.17. The van der Waals surface area contributed by atoms with Crippen molar-refractivity contribution in [3.63, 3.8) is 0 Å². The van der Waals surface area contributed by atoms with E-state index in [1.807, 2.05) is 0 Å². The fraction of sp³-hybridized carbons (Fsp3) is 0.333. The Morgan fingerprint density at radius 2 is 2.00 bits per heavy atom. The van der Waals surface area contributed by atoms with Gasteiger partial charge in [-0.3, -0.25) is 4.68 Å². The summed E-state index contributed by atoms with van der Waals surface area (Å²) < 4.78 is 40.6. The summed E-state index contributed by atoms with van der Waals surface area (Å²) in [6, 6.07) is 1.71. The fourth-order valence-corrected chi connectivity index (χ4v) is 2.45. The van der Waals surface area contributed by atoms with E-state index in [0.717, 1.165) is 11.9 Å². The lowest BCUT2D eigenvalue weighted by atomic mass is 10.0. The summed E-state index contributed by atoms with van der Waals surface area (Å²) in [5.74, 6) is 0.687. The lowest BCUT2D eigenvalue weighted by Crippen LogP contribution is -2.49. The summed E-state index contributed by atoms with van der Waals surface area (Å²) in [5, 5.41) is 9.62. The molecule has 4 N–H and O–H groups in total. The van der Waals surface area contributed by atoms with Crippen LogP contribution in [-0.2, 0) is 6.54 Å². The summed E-state index contributed by atoms with van der Waals surface area (Å²) in [7, 11) is 0. The molecule has 1 aliphatic rings. The molecule has 0 saturated heterocycles. The van der Waals surface area contributed by atoms with Crippen LogP contribution < -0.4 is 16.4 Å². The molecule has 1 unspecified atom stereocenters. The van der Waals surface area contributed by atoms with Crippen LogP contribution in [0.5, 0.6) is 0 Å². The van der Waals surface area contributed by atoms with Crippen LogP contribution in [0.4, 0.5) is 18.9 Å². The smallest absolute Gasteiger partial charge is 0.332 e. The molecule has 138 valence electrons. The third kappa shape index (κ3) is 3.67. The van der Waals surface area contributed by atoms with Crippen molar-refractivity contribution in [1.29, 1.82) is 0 Å². The highest BCUT2D eigenvalue weighted by atomic mass is 19.4. The SMILES string of the molecule is Cc1c(NC2=NC(C)(N)C(C(F)(F)F)=CN2)cnn1Cc1ncccn1. The number of rotatable bonds is 3. The normalized spacial score (nSPS) is 20.2. The van der Waals surface area contributed by atoms with Gasteiger partial charge in [0.05, 0.1) is 23.2 Å². The lowest BCUT2D eigenvalue weighted by Gasteiger charge is -2.30. The molecule has 1 aliphatic heterocycles. The predicted octanol–water partition coefficient (Wildman–Crippen LogP) is 1.52. The van der Waals surface area contributed by atoms with E-state index in [1.54, 1.807) is 36.3 Å². The van der Waals surface area contributed by atoms with Crippen molar-refractivity contribution in [2.24, 2.45) is 10.7 Å². The average molecular weight is 366 g/mol. The van der Waals surface area contributed by atoms with Crippen LogP contribution in [0.25, 0.3) is 0 Å². The molecule has 0 amide bonds. The van der Waals surface area contributed by atoms with Gasteiger partial charge in [-0.15, -0.1) is 0 Å². The topological polar surface area (TPSA) is 106 Å². The molecule has 26 heavy (non-hydrogen) atoms. The van der Waals surface area contributed by atoms with Gasteiger partial charge in [-0.25, -0.2) is 15.0 Å². The number of alkyl halides is 3. The van der Waals surface area contributed by atoms with E-state index in [-0.39, 0.29) is 5.96 Å². The first-order chi connectivity index (χ1) is 12.2. The van der Waals surface area contributed by atoms with Crippen molar-refractivity contribution >= 4 is 11.6 Å². The van der Waals surface area contributed by atoms with Gasteiger partial charge in [0.2, 0.25) is 5.96 Å². The third-order valence-electron chi connectivity index (χ3n) is 3.81. The highest BCUT2D eigenvalue weighted by Gasteiger charge is 2.45. The fourth-order valence-electron chi connectivity index (χ4n) is 2.45. The number of nitrogens with zero attached hydrogens (tertiary/aromatic N) is 5. The minimum absolute atomic E-state index is 0.0987. The van der Waals surface area contributed by atoms with Gasteiger partial charge >= 0.3 is 6.18 Å². The van der Waals surface area contributed by atoms with Crippen LogP contribution in [0.3, 0.4) is 0 Å². The first-order valence-electron chi connectivity index (χ1n) is 7.65. The predicted molar refractivity (Wildman–Crippen MR) is 89.0 cm³/mol. The van der Waals surface area contributed by atoms with Crippen molar-refractivity contribution in [3.8, 4) is 0 Å². The number of anilines is 1. The van der Waals surface area contributed by atoms with Gasteiger partial charge in [-0.2, -0.15) is 18.3 Å². The first kappa shape index (κ1) is 17.9. The van der Waals surface area contributed by atoms with E-state index < -0.39 is 17.4 Å². The van der Waals surface area contributed by atoms with Crippen molar-refractivity contribution in [2.45, 2.75) is 32.2 Å². The molecule has 0 aromatic carbocycles. The maximum atomic E-state index is 13.0. The number of nitrogens with two attached hydrogens (primary N) is 1. The quantitative estimate of drug-likeness (QED) is 0.761. The van der Waals surface area contributed by atoms with Gasteiger partial charge in [-0.1, -0.05) is 0 Å². The molecule has 8 nitrogen and oxygen atoms in total. The Morgan fingerprint density at radius 1 is 1.31 bits per heavy atom. The van der Waals surface area contributed by atoms with Crippen LogP contribution >= 0.6 is 0 Å². The molecular formula is C15H17F3N8. The van der Waals surface area contributed by atoms with E-state index in [1.165, 1.54) is 6.92 Å². The van der Waals surface area contributed by atoms with Crippen LogP contribution in [0.1, 0.15) is 18.4 Å². The Morgan fingerprint density at radius 3 is 2.62 bits per heavy atom. The second-order valence-corrected chi connectivity index (χ2v) is 5.90. The van der Waals surface area contributed by atoms with Gasteiger partial charge in [-0.05, 0) is 19.9 Å². The van der Waals surface area contributed by atoms with Gasteiger partial charge in [0, 0.05) is 18.6 Å². The molecule has 3 rings (SSSR count). The van der Waals surface area contributed by atoms with Gasteiger partial charge in [0.15, 0.2) is 0 Å². The van der Waals surface area contributed by atoms with Crippen molar-refractivity contribution in [1.82, 2.24) is 25.1 Å². The number of nitrogens with one attached hydrogen (secondary N) is 2. The molecule has 2 aromatic rings. The minimum atomic E-state index is -4.57. The number of aliphatic imine (C=N–C) groups is 1. The van der Waals surface area contributed by atoms with E-state index in [2.05, 4.69) is 30.7 Å². The van der Waals surface area contributed by atoms with Crippen molar-refractivity contribution in [2.75, 3.05) is 5.32 Å². The number of hydrogen-bond donors (Lipinski definition) is 3. The largest absolute Gasteiger partial charge is 0.417 e. The van der Waals surface area contributed by atoms with Gasteiger partial charge in [0.25, 0.3) is 0 Å². The van der Waals surface area contributed by atoms with Crippen molar-refractivity contribution < 1.29 is 13.2 Å². The number of aromatic nitrogens is 4. The highest BCUT2D eigenvalue weighted by Crippen LogP contribution is 2.34. The molecule has 0 spiro atoms. The Bertz CT molecular complexity index is 852. The van der Waals surface area contributed by atoms with E-state index in [4.69, 9.17) is 5.73 Å². The molecule has 0 aliphatic carbocycles. The minimum Gasteiger partial charge on any atom is -0.332 e. The Kier molecular flexibility index (Phi) is 4.40. The number of guanidine groups is 1. The standard InChI is InChI=1S/C15H17F3N8/c1-9-10(6-23-26(9)8-12-20-4-3-5-21-12)24-13-22-7-11(15(16,17)18)14(2,19)25-13/h3-7H,8,19H2,1-2H3,(H2,22,24,25). The molecule has 0 fully saturated rings. The Labute approximate surface area is 147 Å². The maximum absolute atomic E-state index is 13.0. The average Bonchev–Trinajstić information content (AvgIpc) is 2.87. The van der Waals surface area contributed by atoms with Crippen LogP contribution in [0.2, 0.25) is 0 Å². The lowest BCUT2D eigenvalue weighted by molar-refractivity contribution is -0.100. The first-order valence-corrected chi connectivity index (χ1v) is 7.65. The summed E-state index contributed by atoms with van der Waals surface area (Å²) >= 11 is 0. The molecule has 0 radical (unpaired) electrons. The second-order valence-electron chi connectivity index (χ2n) is 5.90. The molecule has 1 atom stereocenters. The Balaban J connectivity index is 1.76. The van der Waals surface area contributed by atoms with E-state index in [0.29, 0.717) is 18.1 Å². The third-order valence-corrected chi connectivity index (χ3v) is 3.81. The monoisotopic (exact) mass is 366 g/mol. The van der Waals surface area contributed by atoms with Gasteiger partial charge in [0.1, 0.15) is 18.0 Å². The van der Waals surface area contributed by atoms with E-state index in [9.17, 15) is 13.2 Å². The molecule has 0 bridgehead atoms. The summed E-state index contributed by atoms with van der Waals surface area (Å²) in [6.07, 6.45) is 1.05. The highest BCUT2D eigenvalue weighted by molar-refractivity contribution is 5.95. The number of halogens is 3. The van der Waals surface area contributed by atoms with Crippen LogP contribution in [0.15, 0.2) is 41.4 Å². The summed E-state index contributed by atoms with van der Waals surface area (Å²) in [4.78, 5) is 12.2. The van der Waals surface area contributed by atoms with Gasteiger partial charge < -0.3 is 16.4 Å². The van der Waals surface area contributed by atoms with Crippen LogP contribution in [0, 0.1) is 6.92 Å². The van der Waals surface area contributed by atoms with Crippen LogP contribution in [-0.4, -0.2) is 37.5 Å². The Hall–Kier alpha value is -2.95.